The first-order valence-electron chi connectivity index (χ1n) is 38.6. The van der Waals surface area contributed by atoms with Crippen molar-refractivity contribution in [3.63, 3.8) is 0 Å². The molecule has 2 nitrogen and oxygen atoms in total. The minimum atomic E-state index is 0.919. The van der Waals surface area contributed by atoms with Crippen molar-refractivity contribution in [3.05, 3.63) is 87.5 Å². The molecule has 1 aliphatic heterocycles. The van der Waals surface area contributed by atoms with E-state index in [0.717, 1.165) is 61.0 Å². The summed E-state index contributed by atoms with van der Waals surface area (Å²) in [4.78, 5) is 0. The Morgan fingerprint density at radius 1 is 0.247 bits per heavy atom. The molecule has 2 aromatic carbocycles. The van der Waals surface area contributed by atoms with Crippen LogP contribution in [0.3, 0.4) is 0 Å². The second kappa shape index (κ2) is 60.9. The van der Waals surface area contributed by atoms with Gasteiger partial charge in [0.1, 0.15) is 0 Å². The van der Waals surface area contributed by atoms with Crippen LogP contribution in [0.25, 0.3) is 16.9 Å². The Bertz CT molecular complexity index is 1750. The average molecular weight is 1220 g/mol. The van der Waals surface area contributed by atoms with Crippen LogP contribution in [0.1, 0.15) is 423 Å². The molecule has 3 heteroatoms. The third kappa shape index (κ3) is 43.4. The third-order valence-corrected chi connectivity index (χ3v) is 20.1. The van der Waals surface area contributed by atoms with Gasteiger partial charge in [-0.05, 0) is 80.3 Å². The van der Waals surface area contributed by atoms with E-state index in [0.29, 0.717) is 0 Å². The van der Waals surface area contributed by atoms with E-state index in [1.54, 1.807) is 0 Å². The maximum atomic E-state index is 11.5. The van der Waals surface area contributed by atoms with E-state index in [9.17, 15) is 5.53 Å². The summed E-state index contributed by atoms with van der Waals surface area (Å²) in [5.74, 6) is 0. The third-order valence-electron chi connectivity index (χ3n) is 18.7. The van der Waals surface area contributed by atoms with E-state index in [4.69, 9.17) is 0 Å². The molecule has 0 saturated carbocycles. The quantitative estimate of drug-likeness (QED) is 0.0358. The zero-order valence-corrected chi connectivity index (χ0v) is 59.2. The molecule has 0 amide bonds. The number of hydrogen-bond donors (Lipinski definition) is 0. The second-order valence-corrected chi connectivity index (χ2v) is 28.2. The summed E-state index contributed by atoms with van der Waals surface area (Å²) in [5.41, 5.74) is 21.1. The SMILES string of the molecule is CCCCCCCCCCCCCCCCCCCCCCCC[CH2][Ni][CH2]CCCCCCCCCCCCCCCCCCCCCCCC.CCCCCc1ccc(C2=C(CC)C(CCCC)=C(c3ccc(CCCCC)cc3)[N+]2=[N-])cc1. The molecule has 0 N–H and O–H groups in total. The van der Waals surface area contributed by atoms with Crippen molar-refractivity contribution >= 4 is 11.4 Å². The van der Waals surface area contributed by atoms with Gasteiger partial charge in [-0.1, -0.05) is 252 Å². The van der Waals surface area contributed by atoms with Crippen LogP contribution < -0.4 is 0 Å². The van der Waals surface area contributed by atoms with E-state index >= 15 is 0 Å². The molecular formula is C82H146N2Ni. The monoisotopic (exact) mass is 1220 g/mol. The molecule has 2 aromatic rings. The van der Waals surface area contributed by atoms with E-state index in [1.165, 1.54) is 372 Å². The van der Waals surface area contributed by atoms with E-state index in [2.05, 4.69) is 105 Å². The number of hydrogen-bond acceptors (Lipinski definition) is 0. The van der Waals surface area contributed by atoms with Crippen LogP contribution >= 0.6 is 0 Å². The number of nitrogens with zero attached hydrogens (tertiary/aromatic N) is 2. The molecule has 0 spiro atoms. The van der Waals surface area contributed by atoms with Crippen molar-refractivity contribution in [3.8, 4) is 0 Å². The van der Waals surface area contributed by atoms with E-state index < -0.39 is 0 Å². The van der Waals surface area contributed by atoms with E-state index in [1.807, 2.05) is 0 Å². The summed E-state index contributed by atoms with van der Waals surface area (Å²) >= 11 is 2.05. The molecule has 0 radical (unpaired) electrons. The standard InChI is InChI=1S/C32H44N2.2C25H51.Ni/c1-5-9-12-14-25-17-21-27(22-18-25)31-29(8-4)30(16-11-7-3)32(34(31)33)28-23-19-26(20-24-28)15-13-10-6-2;2*1-3-5-7-9-11-13-15-17-19-21-23-25-24-22-20-18-16-14-12-10-8-6-4-2;/h17-24H,5-16H2,1-4H3;2*1,3-25H2,2H3;. The maximum absolute atomic E-state index is 11.5. The second-order valence-electron chi connectivity index (χ2n) is 26.8. The summed E-state index contributed by atoms with van der Waals surface area (Å²) < 4.78 is 1.49. The fourth-order valence-corrected chi connectivity index (χ4v) is 14.3. The van der Waals surface area contributed by atoms with Crippen LogP contribution in [-0.2, 0) is 27.3 Å². The van der Waals surface area contributed by atoms with E-state index in [-0.39, 0.29) is 0 Å². The van der Waals surface area contributed by atoms with Crippen LogP contribution in [0.2, 0.25) is 10.8 Å². The van der Waals surface area contributed by atoms with Crippen molar-refractivity contribution in [1.29, 1.82) is 0 Å². The molecule has 85 heavy (non-hydrogen) atoms. The van der Waals surface area contributed by atoms with Gasteiger partial charge in [0.05, 0.1) is 0 Å². The molecule has 3 rings (SSSR count). The summed E-state index contributed by atoms with van der Waals surface area (Å²) in [6, 6.07) is 17.8. The summed E-state index contributed by atoms with van der Waals surface area (Å²) in [5, 5.41) is 2.87. The molecule has 0 unspecified atom stereocenters. The van der Waals surface area contributed by atoms with Gasteiger partial charge < -0.3 is 5.53 Å². The Kier molecular flexibility index (Phi) is 56.7. The first kappa shape index (κ1) is 79.1. The number of benzene rings is 2. The van der Waals surface area contributed by atoms with Gasteiger partial charge in [-0.3, -0.25) is 0 Å². The number of rotatable bonds is 62. The van der Waals surface area contributed by atoms with Gasteiger partial charge in [0.15, 0.2) is 0 Å². The Balaban J connectivity index is 0.000000624. The fraction of sp³-hybridized carbons (Fsp3) is 0.805. The first-order chi connectivity index (χ1) is 42.1. The average Bonchev–Trinajstić information content (AvgIpc) is 3.18. The molecule has 0 saturated heterocycles. The molecule has 494 valence electrons. The van der Waals surface area contributed by atoms with Gasteiger partial charge in [-0.15, -0.1) is 0 Å². The summed E-state index contributed by atoms with van der Waals surface area (Å²) in [6.07, 6.45) is 82.2. The molecule has 1 aliphatic rings. The number of allylic oxidation sites excluding steroid dienone is 2. The van der Waals surface area contributed by atoms with Crippen LogP contribution in [0.5, 0.6) is 0 Å². The van der Waals surface area contributed by atoms with Crippen molar-refractivity contribution in [2.45, 2.75) is 425 Å². The van der Waals surface area contributed by atoms with Gasteiger partial charge in [-0.25, -0.2) is 4.70 Å². The summed E-state index contributed by atoms with van der Waals surface area (Å²) in [7, 11) is 0. The zero-order chi connectivity index (χ0) is 61.0. The van der Waals surface area contributed by atoms with Crippen LogP contribution in [-0.4, -0.2) is 4.70 Å². The van der Waals surface area contributed by atoms with Crippen molar-refractivity contribution < 1.29 is 19.1 Å². The van der Waals surface area contributed by atoms with Gasteiger partial charge in [0.2, 0.25) is 11.4 Å². The molecule has 1 heterocycles. The van der Waals surface area contributed by atoms with Crippen molar-refractivity contribution in [1.82, 2.24) is 0 Å². The minimum Gasteiger partial charge on any atom is -0.493 e. The smallest absolute Gasteiger partial charge is 0.493 e. The predicted octanol–water partition coefficient (Wildman–Crippen LogP) is 29.8. The van der Waals surface area contributed by atoms with Crippen LogP contribution in [0.15, 0.2) is 59.7 Å². The summed E-state index contributed by atoms with van der Waals surface area (Å²) in [6.45, 7) is 13.6. The van der Waals surface area contributed by atoms with Gasteiger partial charge in [0, 0.05) is 22.3 Å². The number of unbranched alkanes of at least 4 members (excludes halogenated alkanes) is 49. The molecular weight excluding hydrogens is 1070 g/mol. The molecule has 0 fully saturated rings. The fourth-order valence-electron chi connectivity index (χ4n) is 13.0. The van der Waals surface area contributed by atoms with Crippen molar-refractivity contribution in [2.75, 3.05) is 0 Å². The van der Waals surface area contributed by atoms with Gasteiger partial charge >= 0.3 is 166 Å². The molecule has 0 bridgehead atoms. The normalized spacial score (nSPS) is 12.6. The van der Waals surface area contributed by atoms with Crippen molar-refractivity contribution in [2.24, 2.45) is 0 Å². The van der Waals surface area contributed by atoms with Gasteiger partial charge in [-0.2, -0.15) is 0 Å². The van der Waals surface area contributed by atoms with Gasteiger partial charge in [0.25, 0.3) is 0 Å². The first-order valence-corrected chi connectivity index (χ1v) is 40.0. The zero-order valence-electron chi connectivity index (χ0n) is 58.3. The molecule has 0 atom stereocenters. The van der Waals surface area contributed by atoms with Crippen LogP contribution in [0, 0.1) is 0 Å². The Hall–Kier alpha value is -1.99. The molecule has 0 aliphatic carbocycles. The predicted molar refractivity (Wildman–Crippen MR) is 380 cm³/mol. The topological polar surface area (TPSA) is 25.3 Å². The Labute approximate surface area is 539 Å². The Morgan fingerprint density at radius 2 is 0.471 bits per heavy atom. The minimum absolute atomic E-state index is 0.919. The molecule has 0 aromatic heterocycles. The van der Waals surface area contributed by atoms with Crippen LogP contribution in [0.4, 0.5) is 0 Å². The Morgan fingerprint density at radius 3 is 0.718 bits per heavy atom. The number of aryl methyl sites for hydroxylation is 2.